The Kier molecular flexibility index (Phi) is 3.14. The van der Waals surface area contributed by atoms with Gasteiger partial charge in [-0.3, -0.25) is 0 Å². The van der Waals surface area contributed by atoms with Crippen molar-refractivity contribution in [3.05, 3.63) is 22.6 Å². The molecule has 0 saturated heterocycles. The van der Waals surface area contributed by atoms with E-state index < -0.39 is 13.9 Å². The average Bonchev–Trinajstić information content (AvgIpc) is 2.33. The lowest BCUT2D eigenvalue weighted by Crippen LogP contribution is -2.18. The van der Waals surface area contributed by atoms with Crippen LogP contribution >= 0.6 is 0 Å². The van der Waals surface area contributed by atoms with Gasteiger partial charge in [-0.2, -0.15) is 0 Å². The first-order valence-corrected chi connectivity index (χ1v) is 8.26. The highest BCUT2D eigenvalue weighted by molar-refractivity contribution is 6.76. The summed E-state index contributed by atoms with van der Waals surface area (Å²) in [5, 5.41) is 0. The molecule has 0 amide bonds. The number of aryl methyl sites for hydroxylation is 1. The minimum absolute atomic E-state index is 0.594. The maximum Gasteiger partial charge on any atom is 0.518 e. The van der Waals surface area contributed by atoms with Gasteiger partial charge in [-0.25, -0.2) is 4.79 Å². The fourth-order valence-electron chi connectivity index (χ4n) is 1.17. The SMILES string of the molecule is C[Si](C)(C)CCCc1coc(=O)o1. The van der Waals surface area contributed by atoms with Crippen LogP contribution in [0.25, 0.3) is 0 Å². The summed E-state index contributed by atoms with van der Waals surface area (Å²) in [6.45, 7) is 7.00. The van der Waals surface area contributed by atoms with Crippen LogP contribution in [0, 0.1) is 0 Å². The Morgan fingerprint density at radius 1 is 1.38 bits per heavy atom. The number of hydrogen-bond donors (Lipinski definition) is 0. The van der Waals surface area contributed by atoms with E-state index in [1.807, 2.05) is 0 Å². The van der Waals surface area contributed by atoms with Gasteiger partial charge >= 0.3 is 5.82 Å². The molecule has 0 radical (unpaired) electrons. The maximum atomic E-state index is 10.5. The molecule has 0 spiro atoms. The van der Waals surface area contributed by atoms with Crippen LogP contribution < -0.4 is 5.82 Å². The summed E-state index contributed by atoms with van der Waals surface area (Å²) in [5.74, 6) is 0.0752. The molecule has 0 unspecified atom stereocenters. The lowest BCUT2D eigenvalue weighted by Gasteiger charge is -2.13. The van der Waals surface area contributed by atoms with Crippen LogP contribution in [0.4, 0.5) is 0 Å². The van der Waals surface area contributed by atoms with E-state index in [-0.39, 0.29) is 0 Å². The predicted octanol–water partition coefficient (Wildman–Crippen LogP) is 2.50. The Morgan fingerprint density at radius 3 is 2.54 bits per heavy atom. The second-order valence-electron chi connectivity index (χ2n) is 4.47. The highest BCUT2D eigenvalue weighted by Gasteiger charge is 2.12. The normalized spacial score (nSPS) is 11.9. The summed E-state index contributed by atoms with van der Waals surface area (Å²) in [6, 6.07) is 1.25. The predicted molar refractivity (Wildman–Crippen MR) is 53.7 cm³/mol. The zero-order valence-electron chi connectivity index (χ0n) is 8.42. The largest absolute Gasteiger partial charge is 0.518 e. The Morgan fingerprint density at radius 2 is 2.08 bits per heavy atom. The van der Waals surface area contributed by atoms with Crippen LogP contribution in [0.5, 0.6) is 0 Å². The Hall–Kier alpha value is -0.773. The van der Waals surface area contributed by atoms with Gasteiger partial charge in [0.25, 0.3) is 0 Å². The van der Waals surface area contributed by atoms with Crippen molar-refractivity contribution in [3.8, 4) is 0 Å². The molecule has 0 aliphatic heterocycles. The fourth-order valence-corrected chi connectivity index (χ4v) is 2.41. The minimum atomic E-state index is -0.955. The van der Waals surface area contributed by atoms with Gasteiger partial charge in [0.1, 0.15) is 12.0 Å². The molecule has 0 aliphatic rings. The Bertz CT molecular complexity index is 305. The van der Waals surface area contributed by atoms with Crippen LogP contribution in [-0.4, -0.2) is 8.07 Å². The minimum Gasteiger partial charge on any atom is -0.399 e. The van der Waals surface area contributed by atoms with E-state index in [1.165, 1.54) is 12.3 Å². The molecule has 1 aromatic rings. The highest BCUT2D eigenvalue weighted by atomic mass is 28.3. The third-order valence-electron chi connectivity index (χ3n) is 1.85. The maximum absolute atomic E-state index is 10.5. The summed E-state index contributed by atoms with van der Waals surface area (Å²) in [6.07, 6.45) is 3.31. The number of rotatable bonds is 4. The standard InChI is InChI=1S/C9H16O3Si/c1-13(2,3)6-4-5-8-7-11-9(10)12-8/h7H,4-6H2,1-3H3. The van der Waals surface area contributed by atoms with Crippen molar-refractivity contribution in [1.29, 1.82) is 0 Å². The van der Waals surface area contributed by atoms with Crippen LogP contribution in [0.3, 0.4) is 0 Å². The van der Waals surface area contributed by atoms with Crippen LogP contribution in [0.15, 0.2) is 19.9 Å². The van der Waals surface area contributed by atoms with Crippen LogP contribution in [0.2, 0.25) is 25.7 Å². The van der Waals surface area contributed by atoms with E-state index >= 15 is 0 Å². The van der Waals surface area contributed by atoms with Crippen molar-refractivity contribution < 1.29 is 8.83 Å². The molecular weight excluding hydrogens is 184 g/mol. The van der Waals surface area contributed by atoms with Gasteiger partial charge in [0.2, 0.25) is 0 Å². The molecule has 0 saturated carbocycles. The van der Waals surface area contributed by atoms with Gasteiger partial charge in [0.15, 0.2) is 0 Å². The molecule has 74 valence electrons. The molecule has 0 aliphatic carbocycles. The Labute approximate surface area is 78.8 Å². The topological polar surface area (TPSA) is 43.4 Å². The third kappa shape index (κ3) is 4.12. The second-order valence-corrected chi connectivity index (χ2v) is 10.1. The summed E-state index contributed by atoms with van der Waals surface area (Å²) in [7, 11) is -0.955. The first kappa shape index (κ1) is 10.3. The van der Waals surface area contributed by atoms with Crippen molar-refractivity contribution in [2.24, 2.45) is 0 Å². The van der Waals surface area contributed by atoms with Crippen LogP contribution in [-0.2, 0) is 6.42 Å². The Balaban J connectivity index is 2.32. The lowest BCUT2D eigenvalue weighted by atomic mass is 10.3. The third-order valence-corrected chi connectivity index (χ3v) is 3.70. The molecule has 0 N–H and O–H groups in total. The zero-order chi connectivity index (χ0) is 9.90. The monoisotopic (exact) mass is 200 g/mol. The second kappa shape index (κ2) is 3.96. The molecule has 3 nitrogen and oxygen atoms in total. The van der Waals surface area contributed by atoms with Crippen molar-refractivity contribution in [2.45, 2.75) is 38.5 Å². The first-order chi connectivity index (χ1) is 5.97. The average molecular weight is 200 g/mol. The van der Waals surface area contributed by atoms with Crippen molar-refractivity contribution in [3.63, 3.8) is 0 Å². The summed E-state index contributed by atoms with van der Waals surface area (Å²) in [5.41, 5.74) is 0. The molecule has 1 heterocycles. The molecule has 13 heavy (non-hydrogen) atoms. The summed E-state index contributed by atoms with van der Waals surface area (Å²) >= 11 is 0. The molecule has 1 rings (SSSR count). The molecular formula is C9H16O3Si. The smallest absolute Gasteiger partial charge is 0.399 e. The van der Waals surface area contributed by atoms with E-state index in [0.29, 0.717) is 5.76 Å². The van der Waals surface area contributed by atoms with E-state index in [1.54, 1.807) is 0 Å². The van der Waals surface area contributed by atoms with Gasteiger partial charge in [-0.15, -0.1) is 0 Å². The molecule has 0 fully saturated rings. The first-order valence-electron chi connectivity index (χ1n) is 4.55. The van der Waals surface area contributed by atoms with E-state index in [4.69, 9.17) is 4.42 Å². The highest BCUT2D eigenvalue weighted by Crippen LogP contribution is 2.13. The van der Waals surface area contributed by atoms with Crippen LogP contribution in [0.1, 0.15) is 12.2 Å². The molecule has 0 aromatic carbocycles. The van der Waals surface area contributed by atoms with Gasteiger partial charge in [-0.05, 0) is 6.42 Å². The van der Waals surface area contributed by atoms with Gasteiger partial charge in [-0.1, -0.05) is 25.7 Å². The van der Waals surface area contributed by atoms with E-state index in [9.17, 15) is 4.79 Å². The quantitative estimate of drug-likeness (QED) is 0.701. The lowest BCUT2D eigenvalue weighted by molar-refractivity contribution is 0.373. The van der Waals surface area contributed by atoms with E-state index in [0.717, 1.165) is 12.8 Å². The van der Waals surface area contributed by atoms with Crippen molar-refractivity contribution >= 4 is 8.07 Å². The summed E-state index contributed by atoms with van der Waals surface area (Å²) < 4.78 is 9.33. The van der Waals surface area contributed by atoms with E-state index in [2.05, 4.69) is 24.1 Å². The zero-order valence-corrected chi connectivity index (χ0v) is 9.42. The van der Waals surface area contributed by atoms with Gasteiger partial charge in [0.05, 0.1) is 0 Å². The molecule has 1 aromatic heterocycles. The fraction of sp³-hybridized carbons (Fsp3) is 0.667. The molecule has 0 atom stereocenters. The van der Waals surface area contributed by atoms with Gasteiger partial charge in [0, 0.05) is 14.5 Å². The van der Waals surface area contributed by atoms with Gasteiger partial charge < -0.3 is 8.83 Å². The van der Waals surface area contributed by atoms with Crippen molar-refractivity contribution in [2.75, 3.05) is 0 Å². The van der Waals surface area contributed by atoms with Crippen molar-refractivity contribution in [1.82, 2.24) is 0 Å². The molecule has 4 heteroatoms. The number of hydrogen-bond acceptors (Lipinski definition) is 3. The molecule has 0 bridgehead atoms. The summed E-state index contributed by atoms with van der Waals surface area (Å²) in [4.78, 5) is 10.5.